The fraction of sp³-hybridized carbons (Fsp3) is 0.875. The Kier molecular flexibility index (Phi) is 2.30. The molecule has 0 bridgehead atoms. The maximum absolute atomic E-state index is 11.5. The van der Waals surface area contributed by atoms with Crippen molar-refractivity contribution < 1.29 is 9.28 Å². The molecule has 1 aliphatic heterocycles. The number of carbonyl (C=O) groups excluding carboxylic acids is 1. The lowest BCUT2D eigenvalue weighted by Gasteiger charge is -2.37. The van der Waals surface area contributed by atoms with Crippen LogP contribution < -0.4 is 0 Å². The van der Waals surface area contributed by atoms with Gasteiger partial charge in [-0.15, -0.1) is 0 Å². The maximum atomic E-state index is 11.5. The Morgan fingerprint density at radius 1 is 1.64 bits per heavy atom. The number of quaternary nitrogens is 1. The number of rotatable bonds is 1. The van der Waals surface area contributed by atoms with Crippen LogP contribution in [0.1, 0.15) is 6.92 Å². The van der Waals surface area contributed by atoms with Gasteiger partial charge in [0.2, 0.25) is 0 Å². The Balaban J connectivity index is 2.64. The molecule has 0 aromatic rings. The third-order valence-corrected chi connectivity index (χ3v) is 2.68. The first-order valence-electron chi connectivity index (χ1n) is 4.15. The van der Waals surface area contributed by atoms with Gasteiger partial charge in [-0.05, 0) is 14.0 Å². The van der Waals surface area contributed by atoms with Crippen molar-refractivity contribution in [3.8, 4) is 0 Å². The quantitative estimate of drug-likeness (QED) is 0.496. The summed E-state index contributed by atoms with van der Waals surface area (Å²) in [6, 6.07) is 0. The van der Waals surface area contributed by atoms with Crippen molar-refractivity contribution >= 4 is 5.91 Å². The van der Waals surface area contributed by atoms with E-state index in [1.807, 2.05) is 14.1 Å². The van der Waals surface area contributed by atoms with Crippen molar-refractivity contribution in [2.24, 2.45) is 0 Å². The standard InChI is InChI=1S/C8H17N2O/c1-4-10(3)6-5-9(2)7-8(10)11/h4-7H2,1-3H3/q+1. The summed E-state index contributed by atoms with van der Waals surface area (Å²) in [7, 11) is 4.02. The van der Waals surface area contributed by atoms with Gasteiger partial charge in [0, 0.05) is 6.54 Å². The molecule has 3 heteroatoms. The molecule has 1 aliphatic rings. The van der Waals surface area contributed by atoms with Crippen molar-refractivity contribution in [1.82, 2.24) is 4.90 Å². The van der Waals surface area contributed by atoms with Crippen molar-refractivity contribution in [3.63, 3.8) is 0 Å². The van der Waals surface area contributed by atoms with Crippen LogP contribution in [0, 0.1) is 0 Å². The largest absolute Gasteiger partial charge is 0.327 e. The molecule has 1 amide bonds. The van der Waals surface area contributed by atoms with Crippen LogP contribution in [0.25, 0.3) is 0 Å². The van der Waals surface area contributed by atoms with Crippen molar-refractivity contribution in [2.45, 2.75) is 6.92 Å². The van der Waals surface area contributed by atoms with Crippen LogP contribution in [-0.2, 0) is 4.79 Å². The van der Waals surface area contributed by atoms with Crippen LogP contribution in [-0.4, -0.2) is 55.6 Å². The maximum Gasteiger partial charge on any atom is 0.327 e. The summed E-state index contributed by atoms with van der Waals surface area (Å²) in [6.45, 7) is 5.61. The lowest BCUT2D eigenvalue weighted by molar-refractivity contribution is -0.836. The molecule has 0 aliphatic carbocycles. The second-order valence-corrected chi connectivity index (χ2v) is 3.57. The summed E-state index contributed by atoms with van der Waals surface area (Å²) in [5.74, 6) is 0.348. The van der Waals surface area contributed by atoms with Crippen LogP contribution >= 0.6 is 0 Å². The van der Waals surface area contributed by atoms with Gasteiger partial charge in [0.15, 0.2) is 0 Å². The Hall–Kier alpha value is -0.410. The van der Waals surface area contributed by atoms with Gasteiger partial charge in [0.1, 0.15) is 6.54 Å². The van der Waals surface area contributed by atoms with E-state index < -0.39 is 0 Å². The zero-order chi connectivity index (χ0) is 8.48. The van der Waals surface area contributed by atoms with Gasteiger partial charge in [-0.1, -0.05) is 0 Å². The lowest BCUT2D eigenvalue weighted by atomic mass is 10.2. The van der Waals surface area contributed by atoms with Crippen molar-refractivity contribution in [3.05, 3.63) is 0 Å². The molecule has 0 aromatic carbocycles. The van der Waals surface area contributed by atoms with Gasteiger partial charge in [0.05, 0.1) is 20.1 Å². The van der Waals surface area contributed by atoms with E-state index in [2.05, 4.69) is 11.8 Å². The fourth-order valence-corrected chi connectivity index (χ4v) is 1.33. The molecular formula is C8H17N2O+. The summed E-state index contributed by atoms with van der Waals surface area (Å²) < 4.78 is 0.615. The van der Waals surface area contributed by atoms with Crippen molar-refractivity contribution in [1.29, 1.82) is 0 Å². The minimum atomic E-state index is 0.348. The van der Waals surface area contributed by atoms with Crippen LogP contribution in [0.4, 0.5) is 0 Å². The average molecular weight is 157 g/mol. The monoisotopic (exact) mass is 157 g/mol. The Morgan fingerprint density at radius 3 is 2.73 bits per heavy atom. The molecule has 1 heterocycles. The number of carbonyl (C=O) groups is 1. The van der Waals surface area contributed by atoms with Crippen LogP contribution in [0.2, 0.25) is 0 Å². The first-order valence-corrected chi connectivity index (χ1v) is 4.15. The molecule has 64 valence electrons. The van der Waals surface area contributed by atoms with E-state index in [1.165, 1.54) is 0 Å². The summed E-state index contributed by atoms with van der Waals surface area (Å²) in [4.78, 5) is 13.6. The van der Waals surface area contributed by atoms with Crippen LogP contribution in [0.15, 0.2) is 0 Å². The van der Waals surface area contributed by atoms with E-state index in [0.717, 1.165) is 19.6 Å². The molecule has 1 saturated heterocycles. The number of amides is 1. The van der Waals surface area contributed by atoms with E-state index in [-0.39, 0.29) is 0 Å². The van der Waals surface area contributed by atoms with Gasteiger partial charge >= 0.3 is 5.91 Å². The van der Waals surface area contributed by atoms with E-state index >= 15 is 0 Å². The second kappa shape index (κ2) is 2.91. The molecule has 1 fully saturated rings. The van der Waals surface area contributed by atoms with Gasteiger partial charge in [-0.3, -0.25) is 9.38 Å². The number of nitrogens with zero attached hydrogens (tertiary/aromatic N) is 2. The smallest absolute Gasteiger partial charge is 0.289 e. The third-order valence-electron chi connectivity index (χ3n) is 2.68. The Labute approximate surface area is 68.2 Å². The molecule has 11 heavy (non-hydrogen) atoms. The van der Waals surface area contributed by atoms with E-state index in [0.29, 0.717) is 16.9 Å². The van der Waals surface area contributed by atoms with E-state index in [1.54, 1.807) is 0 Å². The van der Waals surface area contributed by atoms with Gasteiger partial charge in [-0.2, -0.15) is 0 Å². The molecular weight excluding hydrogens is 140 g/mol. The number of piperazine rings is 1. The molecule has 0 aromatic heterocycles. The van der Waals surface area contributed by atoms with Gasteiger partial charge in [-0.25, -0.2) is 4.79 Å². The minimum Gasteiger partial charge on any atom is -0.289 e. The molecule has 0 radical (unpaired) electrons. The number of likely N-dealkylation sites (N-methyl/N-ethyl adjacent to an activating group) is 2. The molecule has 0 saturated carbocycles. The highest BCUT2D eigenvalue weighted by Gasteiger charge is 2.34. The molecule has 1 rings (SSSR count). The van der Waals surface area contributed by atoms with Crippen LogP contribution in [0.3, 0.4) is 0 Å². The Morgan fingerprint density at radius 2 is 2.27 bits per heavy atom. The highest BCUT2D eigenvalue weighted by molar-refractivity contribution is 5.71. The SMILES string of the molecule is CC[N+]1(C)CCN(C)CC1=O. The molecule has 0 spiro atoms. The summed E-state index contributed by atoms with van der Waals surface area (Å²) in [5.41, 5.74) is 0. The predicted molar refractivity (Wildman–Crippen MR) is 44.1 cm³/mol. The number of hydrogen-bond donors (Lipinski definition) is 0. The summed E-state index contributed by atoms with van der Waals surface area (Å²) >= 11 is 0. The zero-order valence-corrected chi connectivity index (χ0v) is 7.63. The summed E-state index contributed by atoms with van der Waals surface area (Å²) in [6.07, 6.45) is 0. The minimum absolute atomic E-state index is 0.348. The van der Waals surface area contributed by atoms with Gasteiger partial charge in [0.25, 0.3) is 0 Å². The normalized spacial score (nSPS) is 34.3. The molecule has 3 nitrogen and oxygen atoms in total. The Bertz CT molecular complexity index is 169. The third kappa shape index (κ3) is 1.60. The molecule has 0 N–H and O–H groups in total. The van der Waals surface area contributed by atoms with E-state index in [9.17, 15) is 4.79 Å². The molecule has 1 unspecified atom stereocenters. The molecule has 1 atom stereocenters. The highest BCUT2D eigenvalue weighted by atomic mass is 16.2. The predicted octanol–water partition coefficient (Wildman–Crippen LogP) is -0.0751. The topological polar surface area (TPSA) is 20.3 Å². The number of hydrogen-bond acceptors (Lipinski definition) is 2. The first kappa shape index (κ1) is 8.68. The second-order valence-electron chi connectivity index (χ2n) is 3.57. The van der Waals surface area contributed by atoms with Crippen LogP contribution in [0.5, 0.6) is 0 Å². The first-order chi connectivity index (χ1) is 5.08. The lowest BCUT2D eigenvalue weighted by Crippen LogP contribution is -2.60. The van der Waals surface area contributed by atoms with Crippen molar-refractivity contribution in [2.75, 3.05) is 40.3 Å². The average Bonchev–Trinajstić information content (AvgIpc) is 1.98. The summed E-state index contributed by atoms with van der Waals surface area (Å²) in [5, 5.41) is 0. The van der Waals surface area contributed by atoms with Gasteiger partial charge < -0.3 is 0 Å². The van der Waals surface area contributed by atoms with E-state index in [4.69, 9.17) is 0 Å². The highest BCUT2D eigenvalue weighted by Crippen LogP contribution is 2.09. The zero-order valence-electron chi connectivity index (χ0n) is 7.63. The fourth-order valence-electron chi connectivity index (χ4n) is 1.33.